The highest BCUT2D eigenvalue weighted by atomic mass is 31.1. The Morgan fingerprint density at radius 2 is 2.29 bits per heavy atom. The highest BCUT2D eigenvalue weighted by Gasteiger charge is 2.02. The average Bonchev–Trinajstić information content (AvgIpc) is 1.69. The minimum atomic E-state index is -1.29. The Morgan fingerprint density at radius 1 is 1.43 bits per heavy atom. The predicted molar refractivity (Wildman–Crippen MR) is 31.1 cm³/mol. The Balaban J connectivity index is 2.25. The van der Waals surface area contributed by atoms with Crippen molar-refractivity contribution in [3.63, 3.8) is 0 Å². The molecule has 0 aromatic carbocycles. The molecule has 0 radical (unpaired) electrons. The molecule has 3 heteroatoms. The molecule has 0 aromatic heterocycles. The Labute approximate surface area is 44.1 Å². The first-order valence-corrected chi connectivity index (χ1v) is 4.28. The van der Waals surface area contributed by atoms with Crippen LogP contribution < -0.4 is 5.09 Å². The number of hydrogen-bond acceptors (Lipinski definition) is 1. The van der Waals surface area contributed by atoms with E-state index in [1.165, 1.54) is 6.42 Å². The molecule has 1 aliphatic heterocycles. The smallest absolute Gasteiger partial charge is 0.136 e. The molecule has 42 valence electrons. The van der Waals surface area contributed by atoms with Crippen LogP contribution in [0.3, 0.4) is 0 Å². The fourth-order valence-corrected chi connectivity index (χ4v) is 1.93. The summed E-state index contributed by atoms with van der Waals surface area (Å²) >= 11 is 0. The van der Waals surface area contributed by atoms with Crippen LogP contribution in [-0.2, 0) is 4.57 Å². The SMILES string of the molecule is O=[PH]1CCCCN1. The number of rotatable bonds is 0. The maximum Gasteiger partial charge on any atom is 0.136 e. The van der Waals surface area contributed by atoms with Gasteiger partial charge < -0.3 is 4.57 Å². The van der Waals surface area contributed by atoms with Gasteiger partial charge in [0.25, 0.3) is 0 Å². The van der Waals surface area contributed by atoms with Crippen molar-refractivity contribution in [2.45, 2.75) is 12.8 Å². The van der Waals surface area contributed by atoms with Gasteiger partial charge in [0.15, 0.2) is 0 Å². The summed E-state index contributed by atoms with van der Waals surface area (Å²) in [5.74, 6) is 0. The van der Waals surface area contributed by atoms with Gasteiger partial charge in [-0.05, 0) is 12.8 Å². The van der Waals surface area contributed by atoms with E-state index in [0.29, 0.717) is 0 Å². The molecule has 1 heterocycles. The molecule has 0 spiro atoms. The first kappa shape index (κ1) is 5.33. The van der Waals surface area contributed by atoms with Gasteiger partial charge in [0.2, 0.25) is 0 Å². The third-order valence-electron chi connectivity index (χ3n) is 1.15. The zero-order valence-electron chi connectivity index (χ0n) is 4.24. The van der Waals surface area contributed by atoms with E-state index in [0.717, 1.165) is 19.1 Å². The fraction of sp³-hybridized carbons (Fsp3) is 1.00. The molecule has 0 saturated carbocycles. The monoisotopic (exact) mass is 119 g/mol. The lowest BCUT2D eigenvalue weighted by atomic mass is 10.3. The van der Waals surface area contributed by atoms with Crippen LogP contribution in [0.15, 0.2) is 0 Å². The third kappa shape index (κ3) is 1.62. The second-order valence-electron chi connectivity index (χ2n) is 1.81. The fourth-order valence-electron chi connectivity index (χ4n) is 0.727. The molecule has 1 aliphatic rings. The van der Waals surface area contributed by atoms with Gasteiger partial charge in [0.05, 0.1) is 0 Å². The van der Waals surface area contributed by atoms with Crippen molar-refractivity contribution in [2.75, 3.05) is 12.7 Å². The highest BCUT2D eigenvalue weighted by Crippen LogP contribution is 2.20. The Bertz CT molecular complexity index is 75.8. The standard InChI is InChI=1S/C4H10NOP/c6-7-4-2-1-3-5-7/h7H,1-4H2,(H,5,6). The second kappa shape index (κ2) is 2.49. The topological polar surface area (TPSA) is 29.1 Å². The third-order valence-corrected chi connectivity index (χ3v) is 2.60. The van der Waals surface area contributed by atoms with Gasteiger partial charge in [-0.2, -0.15) is 0 Å². The van der Waals surface area contributed by atoms with E-state index >= 15 is 0 Å². The van der Waals surface area contributed by atoms with E-state index in [4.69, 9.17) is 0 Å². The lowest BCUT2D eigenvalue weighted by Gasteiger charge is -2.09. The van der Waals surface area contributed by atoms with Crippen molar-refractivity contribution in [3.05, 3.63) is 0 Å². The summed E-state index contributed by atoms with van der Waals surface area (Å²) in [6, 6.07) is 0. The van der Waals surface area contributed by atoms with Crippen LogP contribution in [0.1, 0.15) is 12.8 Å². The Morgan fingerprint density at radius 3 is 2.57 bits per heavy atom. The van der Waals surface area contributed by atoms with E-state index < -0.39 is 7.95 Å². The Kier molecular flexibility index (Phi) is 1.89. The van der Waals surface area contributed by atoms with Crippen molar-refractivity contribution in [2.24, 2.45) is 0 Å². The maximum absolute atomic E-state index is 10.5. The molecular weight excluding hydrogens is 109 g/mol. The van der Waals surface area contributed by atoms with Gasteiger partial charge in [0.1, 0.15) is 7.95 Å². The molecule has 1 rings (SSSR count). The predicted octanol–water partition coefficient (Wildman–Crippen LogP) is 0.844. The summed E-state index contributed by atoms with van der Waals surface area (Å²) in [5.41, 5.74) is 0. The highest BCUT2D eigenvalue weighted by molar-refractivity contribution is 7.42. The maximum atomic E-state index is 10.5. The molecule has 0 aromatic rings. The van der Waals surface area contributed by atoms with Crippen molar-refractivity contribution >= 4 is 7.95 Å². The zero-order chi connectivity index (χ0) is 5.11. The van der Waals surface area contributed by atoms with Crippen LogP contribution in [0.4, 0.5) is 0 Å². The number of hydrogen-bond donors (Lipinski definition) is 1. The van der Waals surface area contributed by atoms with Crippen molar-refractivity contribution in [1.82, 2.24) is 5.09 Å². The van der Waals surface area contributed by atoms with Crippen LogP contribution in [0.5, 0.6) is 0 Å². The molecule has 0 aliphatic carbocycles. The second-order valence-corrected chi connectivity index (χ2v) is 3.51. The lowest BCUT2D eigenvalue weighted by Crippen LogP contribution is -2.12. The summed E-state index contributed by atoms with van der Waals surface area (Å²) in [5, 5.41) is 2.93. The van der Waals surface area contributed by atoms with Gasteiger partial charge in [0, 0.05) is 12.7 Å². The largest absolute Gasteiger partial charge is 0.310 e. The molecular formula is C4H10NOP. The summed E-state index contributed by atoms with van der Waals surface area (Å²) in [6.45, 7) is 0.970. The minimum Gasteiger partial charge on any atom is -0.310 e. The molecule has 1 N–H and O–H groups in total. The van der Waals surface area contributed by atoms with Gasteiger partial charge in [-0.15, -0.1) is 0 Å². The molecule has 0 amide bonds. The summed E-state index contributed by atoms with van der Waals surface area (Å²) < 4.78 is 10.5. The molecule has 1 fully saturated rings. The van der Waals surface area contributed by atoms with Crippen LogP contribution in [0.25, 0.3) is 0 Å². The summed E-state index contributed by atoms with van der Waals surface area (Å²) in [7, 11) is -1.29. The minimum absolute atomic E-state index is 0.921. The van der Waals surface area contributed by atoms with Crippen molar-refractivity contribution in [1.29, 1.82) is 0 Å². The Hall–Kier alpha value is 0.190. The zero-order valence-corrected chi connectivity index (χ0v) is 5.24. The molecule has 7 heavy (non-hydrogen) atoms. The van der Waals surface area contributed by atoms with Crippen molar-refractivity contribution < 1.29 is 4.57 Å². The number of nitrogens with one attached hydrogen (secondary N) is 1. The van der Waals surface area contributed by atoms with Crippen LogP contribution >= 0.6 is 7.95 Å². The molecule has 0 bridgehead atoms. The lowest BCUT2D eigenvalue weighted by molar-refractivity contribution is 0.565. The van der Waals surface area contributed by atoms with Gasteiger partial charge in [-0.3, -0.25) is 5.09 Å². The van der Waals surface area contributed by atoms with E-state index in [1.54, 1.807) is 0 Å². The van der Waals surface area contributed by atoms with Crippen LogP contribution in [-0.4, -0.2) is 12.7 Å². The quantitative estimate of drug-likeness (QED) is 0.479. The molecule has 1 unspecified atom stereocenters. The first-order chi connectivity index (χ1) is 3.39. The first-order valence-electron chi connectivity index (χ1n) is 2.66. The van der Waals surface area contributed by atoms with E-state index in [1.807, 2.05) is 0 Å². The molecule has 1 atom stereocenters. The van der Waals surface area contributed by atoms with E-state index in [-0.39, 0.29) is 0 Å². The molecule has 1 saturated heterocycles. The van der Waals surface area contributed by atoms with E-state index in [9.17, 15) is 4.57 Å². The van der Waals surface area contributed by atoms with Crippen LogP contribution in [0.2, 0.25) is 0 Å². The normalized spacial score (nSPS) is 32.9. The summed E-state index contributed by atoms with van der Waals surface area (Å²) in [6.07, 6.45) is 3.28. The van der Waals surface area contributed by atoms with Gasteiger partial charge >= 0.3 is 0 Å². The van der Waals surface area contributed by atoms with E-state index in [2.05, 4.69) is 5.09 Å². The van der Waals surface area contributed by atoms with Gasteiger partial charge in [-0.1, -0.05) is 0 Å². The molecule has 2 nitrogen and oxygen atoms in total. The van der Waals surface area contributed by atoms with Crippen LogP contribution in [0, 0.1) is 0 Å². The summed E-state index contributed by atoms with van der Waals surface area (Å²) in [4.78, 5) is 0. The van der Waals surface area contributed by atoms with Crippen molar-refractivity contribution in [3.8, 4) is 0 Å². The average molecular weight is 119 g/mol. The van der Waals surface area contributed by atoms with Gasteiger partial charge in [-0.25, -0.2) is 0 Å².